The van der Waals surface area contributed by atoms with E-state index in [4.69, 9.17) is 9.47 Å². The van der Waals surface area contributed by atoms with E-state index >= 15 is 0 Å². The molecular weight excluding hydrogens is 246 g/mol. The van der Waals surface area contributed by atoms with E-state index in [-0.39, 0.29) is 12.5 Å². The van der Waals surface area contributed by atoms with Crippen molar-refractivity contribution >= 4 is 5.91 Å². The smallest absolute Gasteiger partial charge is 0.267 e. The van der Waals surface area contributed by atoms with E-state index in [1.165, 1.54) is 0 Å². The number of benzene rings is 1. The molecule has 0 bridgehead atoms. The second-order valence-electron chi connectivity index (χ2n) is 5.14. The summed E-state index contributed by atoms with van der Waals surface area (Å²) in [5.41, 5.74) is -0.719. The molecule has 5 nitrogen and oxygen atoms in total. The van der Waals surface area contributed by atoms with Gasteiger partial charge in [-0.3, -0.25) is 4.79 Å². The van der Waals surface area contributed by atoms with Gasteiger partial charge in [-0.15, -0.1) is 0 Å². The largest absolute Gasteiger partial charge is 0.485 e. The van der Waals surface area contributed by atoms with Crippen LogP contribution in [0.3, 0.4) is 0 Å². The number of amides is 1. The summed E-state index contributed by atoms with van der Waals surface area (Å²) in [5.74, 6) is 1.14. The molecule has 1 N–H and O–H groups in total. The Morgan fingerprint density at radius 2 is 2.11 bits per heavy atom. The Morgan fingerprint density at radius 1 is 1.42 bits per heavy atom. The van der Waals surface area contributed by atoms with E-state index in [2.05, 4.69) is 0 Å². The molecule has 2 aliphatic heterocycles. The SMILES string of the molecule is CCC1(O)CN(C(=O)C2COc3ccccc3O2)C1. The van der Waals surface area contributed by atoms with Crippen LogP contribution in [0.1, 0.15) is 13.3 Å². The highest BCUT2D eigenvalue weighted by Crippen LogP contribution is 2.32. The number of hydrogen-bond acceptors (Lipinski definition) is 4. The zero-order valence-corrected chi connectivity index (χ0v) is 10.8. The lowest BCUT2D eigenvalue weighted by molar-refractivity contribution is -0.164. The van der Waals surface area contributed by atoms with Crippen molar-refractivity contribution < 1.29 is 19.4 Å². The lowest BCUT2D eigenvalue weighted by Gasteiger charge is -2.47. The van der Waals surface area contributed by atoms with Gasteiger partial charge in [0.15, 0.2) is 11.5 Å². The van der Waals surface area contributed by atoms with Crippen LogP contribution in [-0.2, 0) is 4.79 Å². The predicted molar refractivity (Wildman–Crippen MR) is 68.2 cm³/mol. The average Bonchev–Trinajstić information content (AvgIpc) is 2.42. The minimum absolute atomic E-state index is 0.118. The quantitative estimate of drug-likeness (QED) is 0.858. The van der Waals surface area contributed by atoms with Crippen LogP contribution in [-0.4, -0.2) is 47.3 Å². The molecular formula is C14H17NO4. The van der Waals surface area contributed by atoms with Crippen LogP contribution in [0.4, 0.5) is 0 Å². The molecule has 102 valence electrons. The van der Waals surface area contributed by atoms with Gasteiger partial charge < -0.3 is 19.5 Å². The number of carbonyl (C=O) groups is 1. The van der Waals surface area contributed by atoms with Crippen molar-refractivity contribution in [1.29, 1.82) is 0 Å². The Kier molecular flexibility index (Phi) is 2.86. The predicted octanol–water partition coefficient (Wildman–Crippen LogP) is 0.810. The number of fused-ring (bicyclic) bond motifs is 1. The van der Waals surface area contributed by atoms with Gasteiger partial charge in [0.05, 0.1) is 18.7 Å². The van der Waals surface area contributed by atoms with Crippen molar-refractivity contribution in [2.45, 2.75) is 25.0 Å². The van der Waals surface area contributed by atoms with E-state index in [1.807, 2.05) is 25.1 Å². The summed E-state index contributed by atoms with van der Waals surface area (Å²) < 4.78 is 11.2. The molecule has 5 heteroatoms. The molecule has 0 aromatic heterocycles. The fourth-order valence-electron chi connectivity index (χ4n) is 2.39. The molecule has 2 aliphatic rings. The molecule has 1 aromatic rings. The molecule has 1 fully saturated rings. The number of ether oxygens (including phenoxy) is 2. The molecule has 0 spiro atoms. The fourth-order valence-corrected chi connectivity index (χ4v) is 2.39. The lowest BCUT2D eigenvalue weighted by atomic mass is 9.91. The Morgan fingerprint density at radius 3 is 2.79 bits per heavy atom. The lowest BCUT2D eigenvalue weighted by Crippen LogP contribution is -2.65. The Bertz CT molecular complexity index is 496. The van der Waals surface area contributed by atoms with Crippen molar-refractivity contribution in [3.8, 4) is 11.5 Å². The maximum Gasteiger partial charge on any atom is 0.267 e. The van der Waals surface area contributed by atoms with Gasteiger partial charge in [-0.2, -0.15) is 0 Å². The molecule has 3 rings (SSSR count). The van der Waals surface area contributed by atoms with Gasteiger partial charge in [0, 0.05) is 0 Å². The second kappa shape index (κ2) is 4.42. The Labute approximate surface area is 111 Å². The molecule has 2 heterocycles. The van der Waals surface area contributed by atoms with Gasteiger partial charge in [0.1, 0.15) is 6.61 Å². The first-order valence-electron chi connectivity index (χ1n) is 6.51. The van der Waals surface area contributed by atoms with E-state index < -0.39 is 11.7 Å². The van der Waals surface area contributed by atoms with Crippen LogP contribution >= 0.6 is 0 Å². The van der Waals surface area contributed by atoms with Crippen molar-refractivity contribution in [2.24, 2.45) is 0 Å². The first-order chi connectivity index (χ1) is 9.11. The number of β-amino-alcohol motifs (C(OH)–C–C–N with tert-alkyl or cyclic N) is 1. The highest BCUT2D eigenvalue weighted by Gasteiger charge is 2.45. The summed E-state index contributed by atoms with van der Waals surface area (Å²) in [5, 5.41) is 9.93. The molecule has 1 atom stereocenters. The molecule has 0 radical (unpaired) electrons. The van der Waals surface area contributed by atoms with E-state index in [0.29, 0.717) is 31.0 Å². The van der Waals surface area contributed by atoms with Gasteiger partial charge in [-0.25, -0.2) is 0 Å². The van der Waals surface area contributed by atoms with Gasteiger partial charge in [0.2, 0.25) is 6.10 Å². The van der Waals surface area contributed by atoms with Crippen LogP contribution in [0.25, 0.3) is 0 Å². The average molecular weight is 263 g/mol. The van der Waals surface area contributed by atoms with Crippen molar-refractivity contribution in [3.05, 3.63) is 24.3 Å². The van der Waals surface area contributed by atoms with Crippen LogP contribution in [0.15, 0.2) is 24.3 Å². The maximum absolute atomic E-state index is 12.2. The van der Waals surface area contributed by atoms with Crippen molar-refractivity contribution in [2.75, 3.05) is 19.7 Å². The first kappa shape index (κ1) is 12.3. The number of likely N-dealkylation sites (tertiary alicyclic amines) is 1. The molecule has 19 heavy (non-hydrogen) atoms. The summed E-state index contributed by atoms with van der Waals surface area (Å²) in [6.07, 6.45) is 0.0399. The minimum Gasteiger partial charge on any atom is -0.485 e. The first-order valence-corrected chi connectivity index (χ1v) is 6.51. The topological polar surface area (TPSA) is 59.0 Å². The number of hydrogen-bond donors (Lipinski definition) is 1. The summed E-state index contributed by atoms with van der Waals surface area (Å²) in [6.45, 7) is 2.89. The zero-order valence-electron chi connectivity index (χ0n) is 10.8. The summed E-state index contributed by atoms with van der Waals surface area (Å²) >= 11 is 0. The molecule has 1 amide bonds. The maximum atomic E-state index is 12.2. The number of para-hydroxylation sites is 2. The second-order valence-corrected chi connectivity index (χ2v) is 5.14. The molecule has 1 unspecified atom stereocenters. The van der Waals surface area contributed by atoms with Crippen molar-refractivity contribution in [3.63, 3.8) is 0 Å². The number of carbonyl (C=O) groups excluding carboxylic acids is 1. The standard InChI is InChI=1S/C14H17NO4/c1-2-14(17)8-15(9-14)13(16)12-7-18-10-5-3-4-6-11(10)19-12/h3-6,12,17H,2,7-9H2,1H3. The van der Waals surface area contributed by atoms with E-state index in [9.17, 15) is 9.90 Å². The van der Waals surface area contributed by atoms with Gasteiger partial charge in [-0.05, 0) is 18.6 Å². The molecule has 1 aromatic carbocycles. The third-order valence-corrected chi connectivity index (χ3v) is 3.72. The third-order valence-electron chi connectivity index (χ3n) is 3.72. The van der Waals surface area contributed by atoms with E-state index in [1.54, 1.807) is 11.0 Å². The van der Waals surface area contributed by atoms with Crippen molar-refractivity contribution in [1.82, 2.24) is 4.90 Å². The third kappa shape index (κ3) is 2.14. The molecule has 0 saturated carbocycles. The van der Waals surface area contributed by atoms with Crippen LogP contribution in [0.2, 0.25) is 0 Å². The summed E-state index contributed by atoms with van der Waals surface area (Å²) in [6, 6.07) is 7.30. The van der Waals surface area contributed by atoms with Gasteiger partial charge in [0.25, 0.3) is 5.91 Å². The summed E-state index contributed by atoms with van der Waals surface area (Å²) in [7, 11) is 0. The number of rotatable bonds is 2. The van der Waals surface area contributed by atoms with Crippen LogP contribution in [0.5, 0.6) is 11.5 Å². The minimum atomic E-state index is -0.719. The van der Waals surface area contributed by atoms with Crippen LogP contribution in [0, 0.1) is 0 Å². The normalized spacial score (nSPS) is 23.7. The molecule has 0 aliphatic carbocycles. The van der Waals surface area contributed by atoms with E-state index in [0.717, 1.165) is 0 Å². The monoisotopic (exact) mass is 263 g/mol. The summed E-state index contributed by atoms with van der Waals surface area (Å²) in [4.78, 5) is 13.8. The highest BCUT2D eigenvalue weighted by atomic mass is 16.6. The highest BCUT2D eigenvalue weighted by molar-refractivity contribution is 5.83. The Balaban J connectivity index is 1.64. The fraction of sp³-hybridized carbons (Fsp3) is 0.500. The van der Waals surface area contributed by atoms with Gasteiger partial charge in [-0.1, -0.05) is 19.1 Å². The molecule has 1 saturated heterocycles. The van der Waals surface area contributed by atoms with Gasteiger partial charge >= 0.3 is 0 Å². The van der Waals surface area contributed by atoms with Crippen LogP contribution < -0.4 is 9.47 Å². The Hall–Kier alpha value is -1.75. The number of nitrogens with zero attached hydrogens (tertiary/aromatic N) is 1. The number of aliphatic hydroxyl groups is 1. The zero-order chi connectivity index (χ0) is 13.5.